The van der Waals surface area contributed by atoms with Crippen molar-refractivity contribution in [2.75, 3.05) is 5.43 Å². The highest BCUT2D eigenvalue weighted by atomic mass is 16.6. The number of nitro groups is 1. The SMILES string of the molecule is CC1(NC(=O)c2ccc(NN)c([N+](=O)[O-])c2)CC1. The second-order valence-corrected chi connectivity index (χ2v) is 4.65. The lowest BCUT2D eigenvalue weighted by Gasteiger charge is -2.11. The number of nitrogens with two attached hydrogens (primary N) is 1. The molecule has 0 saturated heterocycles. The van der Waals surface area contributed by atoms with Gasteiger partial charge in [0.2, 0.25) is 0 Å². The van der Waals surface area contributed by atoms with Gasteiger partial charge in [-0.1, -0.05) is 0 Å². The van der Waals surface area contributed by atoms with Crippen LogP contribution in [0.5, 0.6) is 0 Å². The highest BCUT2D eigenvalue weighted by Gasteiger charge is 2.39. The molecule has 1 aromatic rings. The third kappa shape index (κ3) is 2.40. The van der Waals surface area contributed by atoms with Crippen LogP contribution in [0.25, 0.3) is 0 Å². The molecular weight excluding hydrogens is 236 g/mol. The Bertz CT molecular complexity index is 511. The highest BCUT2D eigenvalue weighted by molar-refractivity contribution is 5.96. The number of hydrogen-bond acceptors (Lipinski definition) is 5. The molecule has 0 unspecified atom stereocenters. The predicted molar refractivity (Wildman–Crippen MR) is 66.0 cm³/mol. The lowest BCUT2D eigenvalue weighted by atomic mass is 10.1. The van der Waals surface area contributed by atoms with Gasteiger partial charge < -0.3 is 10.7 Å². The summed E-state index contributed by atoms with van der Waals surface area (Å²) in [5.74, 6) is 4.87. The van der Waals surface area contributed by atoms with E-state index in [9.17, 15) is 14.9 Å². The molecule has 7 heteroatoms. The monoisotopic (exact) mass is 250 g/mol. The second kappa shape index (κ2) is 4.26. The van der Waals surface area contributed by atoms with Crippen LogP contribution in [0.2, 0.25) is 0 Å². The van der Waals surface area contributed by atoms with Crippen molar-refractivity contribution in [1.29, 1.82) is 0 Å². The number of carbonyl (C=O) groups is 1. The Balaban J connectivity index is 2.25. The molecule has 96 valence electrons. The number of anilines is 1. The lowest BCUT2D eigenvalue weighted by Crippen LogP contribution is -2.34. The second-order valence-electron chi connectivity index (χ2n) is 4.65. The molecule has 0 heterocycles. The van der Waals surface area contributed by atoms with Crippen molar-refractivity contribution in [2.45, 2.75) is 25.3 Å². The van der Waals surface area contributed by atoms with Crippen LogP contribution in [-0.4, -0.2) is 16.4 Å². The van der Waals surface area contributed by atoms with E-state index in [0.29, 0.717) is 0 Å². The number of nitro benzene ring substituents is 1. The summed E-state index contributed by atoms with van der Waals surface area (Å²) in [5, 5.41) is 13.7. The first kappa shape index (κ1) is 12.3. The quantitative estimate of drug-likeness (QED) is 0.422. The van der Waals surface area contributed by atoms with Crippen molar-refractivity contribution in [3.05, 3.63) is 33.9 Å². The summed E-state index contributed by atoms with van der Waals surface area (Å²) in [6.45, 7) is 1.94. The van der Waals surface area contributed by atoms with E-state index in [1.165, 1.54) is 18.2 Å². The highest BCUT2D eigenvalue weighted by Crippen LogP contribution is 2.34. The van der Waals surface area contributed by atoms with Gasteiger partial charge in [-0.2, -0.15) is 0 Å². The van der Waals surface area contributed by atoms with Crippen molar-refractivity contribution in [2.24, 2.45) is 5.84 Å². The average molecular weight is 250 g/mol. The fourth-order valence-corrected chi connectivity index (χ4v) is 1.60. The van der Waals surface area contributed by atoms with Gasteiger partial charge in [-0.15, -0.1) is 0 Å². The summed E-state index contributed by atoms with van der Waals surface area (Å²) >= 11 is 0. The van der Waals surface area contributed by atoms with E-state index in [4.69, 9.17) is 5.84 Å². The number of nitrogens with zero attached hydrogens (tertiary/aromatic N) is 1. The molecule has 0 aromatic heterocycles. The Morgan fingerprint density at radius 1 is 1.50 bits per heavy atom. The first-order chi connectivity index (χ1) is 8.45. The Kier molecular flexibility index (Phi) is 2.92. The van der Waals surface area contributed by atoms with Crippen LogP contribution in [0.15, 0.2) is 18.2 Å². The smallest absolute Gasteiger partial charge is 0.294 e. The van der Waals surface area contributed by atoms with Gasteiger partial charge in [0.1, 0.15) is 5.69 Å². The number of amides is 1. The Labute approximate surface area is 103 Å². The summed E-state index contributed by atoms with van der Waals surface area (Å²) in [4.78, 5) is 22.1. The minimum atomic E-state index is -0.579. The predicted octanol–water partition coefficient (Wildman–Crippen LogP) is 1.16. The summed E-state index contributed by atoms with van der Waals surface area (Å²) < 4.78 is 0. The molecule has 1 aromatic carbocycles. The molecule has 0 spiro atoms. The molecule has 1 saturated carbocycles. The van der Waals surface area contributed by atoms with Crippen LogP contribution in [0, 0.1) is 10.1 Å². The number of carbonyl (C=O) groups excluding carboxylic acids is 1. The number of nitrogens with one attached hydrogen (secondary N) is 2. The van der Waals surface area contributed by atoms with Gasteiger partial charge in [-0.3, -0.25) is 20.8 Å². The van der Waals surface area contributed by atoms with Gasteiger partial charge in [0.05, 0.1) is 4.92 Å². The van der Waals surface area contributed by atoms with Crippen LogP contribution in [-0.2, 0) is 0 Å². The zero-order valence-corrected chi connectivity index (χ0v) is 9.90. The fraction of sp³-hybridized carbons (Fsp3) is 0.364. The van der Waals surface area contributed by atoms with E-state index < -0.39 is 4.92 Å². The fourth-order valence-electron chi connectivity index (χ4n) is 1.60. The van der Waals surface area contributed by atoms with Crippen LogP contribution in [0.3, 0.4) is 0 Å². The van der Waals surface area contributed by atoms with Crippen LogP contribution < -0.4 is 16.6 Å². The zero-order valence-electron chi connectivity index (χ0n) is 9.90. The van der Waals surface area contributed by atoms with Crippen LogP contribution in [0.4, 0.5) is 11.4 Å². The molecule has 18 heavy (non-hydrogen) atoms. The lowest BCUT2D eigenvalue weighted by molar-refractivity contribution is -0.384. The molecule has 0 aliphatic heterocycles. The van der Waals surface area contributed by atoms with Crippen LogP contribution in [0.1, 0.15) is 30.1 Å². The van der Waals surface area contributed by atoms with Crippen LogP contribution >= 0.6 is 0 Å². The van der Waals surface area contributed by atoms with Crippen molar-refractivity contribution >= 4 is 17.3 Å². The number of hydrazine groups is 1. The molecule has 7 nitrogen and oxygen atoms in total. The minimum Gasteiger partial charge on any atom is -0.347 e. The molecule has 1 fully saturated rings. The molecule has 1 aliphatic carbocycles. The maximum absolute atomic E-state index is 11.9. The molecule has 0 bridgehead atoms. The first-order valence-electron chi connectivity index (χ1n) is 5.53. The van der Waals surface area contributed by atoms with E-state index in [0.717, 1.165) is 12.8 Å². The van der Waals surface area contributed by atoms with E-state index in [1.807, 2.05) is 6.92 Å². The van der Waals surface area contributed by atoms with Crippen molar-refractivity contribution in [3.63, 3.8) is 0 Å². The summed E-state index contributed by atoms with van der Waals surface area (Å²) in [6.07, 6.45) is 1.87. The van der Waals surface area contributed by atoms with Gasteiger partial charge in [-0.05, 0) is 31.9 Å². The minimum absolute atomic E-state index is 0.156. The van der Waals surface area contributed by atoms with Crippen molar-refractivity contribution < 1.29 is 9.72 Å². The number of benzene rings is 1. The Morgan fingerprint density at radius 3 is 2.67 bits per heavy atom. The Hall–Kier alpha value is -2.15. The third-order valence-corrected chi connectivity index (χ3v) is 3.03. The summed E-state index contributed by atoms with van der Waals surface area (Å²) in [7, 11) is 0. The van der Waals surface area contributed by atoms with Gasteiger partial charge >= 0.3 is 0 Å². The zero-order chi connectivity index (χ0) is 13.3. The maximum Gasteiger partial charge on any atom is 0.294 e. The van der Waals surface area contributed by atoms with E-state index in [-0.39, 0.29) is 28.4 Å². The maximum atomic E-state index is 11.9. The van der Waals surface area contributed by atoms with Gasteiger partial charge in [0, 0.05) is 17.2 Å². The number of hydrogen-bond donors (Lipinski definition) is 3. The van der Waals surface area contributed by atoms with E-state index in [2.05, 4.69) is 10.7 Å². The molecule has 0 radical (unpaired) electrons. The molecular formula is C11H14N4O3. The summed E-state index contributed by atoms with van der Waals surface area (Å²) in [5.41, 5.74) is 2.29. The molecule has 1 amide bonds. The number of nitrogen functional groups attached to an aromatic ring is 1. The van der Waals surface area contributed by atoms with Crippen molar-refractivity contribution in [3.8, 4) is 0 Å². The van der Waals surface area contributed by atoms with E-state index in [1.54, 1.807) is 0 Å². The van der Waals surface area contributed by atoms with Gasteiger partial charge in [0.15, 0.2) is 0 Å². The van der Waals surface area contributed by atoms with Gasteiger partial charge in [0.25, 0.3) is 11.6 Å². The molecule has 0 atom stereocenters. The van der Waals surface area contributed by atoms with Gasteiger partial charge in [-0.25, -0.2) is 0 Å². The third-order valence-electron chi connectivity index (χ3n) is 3.03. The molecule has 2 rings (SSSR count). The Morgan fingerprint density at radius 2 is 2.17 bits per heavy atom. The standard InChI is InChI=1S/C11H14N4O3/c1-11(4-5-11)13-10(16)7-2-3-8(14-12)9(6-7)15(17)18/h2-3,6,14H,4-5,12H2,1H3,(H,13,16). The summed E-state index contributed by atoms with van der Waals surface area (Å²) in [6, 6.07) is 4.14. The first-order valence-corrected chi connectivity index (χ1v) is 5.53. The topological polar surface area (TPSA) is 110 Å². The van der Waals surface area contributed by atoms with Crippen molar-refractivity contribution in [1.82, 2.24) is 5.32 Å². The average Bonchev–Trinajstić information content (AvgIpc) is 3.05. The van der Waals surface area contributed by atoms with E-state index >= 15 is 0 Å². The largest absolute Gasteiger partial charge is 0.347 e. The number of rotatable bonds is 4. The molecule has 4 N–H and O–H groups in total. The molecule has 1 aliphatic rings. The normalized spacial score (nSPS) is 15.9.